The van der Waals surface area contributed by atoms with Crippen molar-refractivity contribution < 1.29 is 13.2 Å². The quantitative estimate of drug-likeness (QED) is 0.323. The lowest BCUT2D eigenvalue weighted by Gasteiger charge is -2.32. The van der Waals surface area contributed by atoms with E-state index in [0.29, 0.717) is 19.0 Å². The topological polar surface area (TPSA) is 42.9 Å². The molecule has 0 aromatic heterocycles. The van der Waals surface area contributed by atoms with Gasteiger partial charge in [-0.2, -0.15) is 13.2 Å². The molecule has 2 heterocycles. The molecule has 170 valence electrons. The molecule has 0 amide bonds. The zero-order valence-corrected chi connectivity index (χ0v) is 18.1. The lowest BCUT2D eigenvalue weighted by atomic mass is 9.93. The number of halogens is 3. The van der Waals surface area contributed by atoms with Gasteiger partial charge >= 0.3 is 6.18 Å². The first-order valence-corrected chi connectivity index (χ1v) is 11.4. The van der Waals surface area contributed by atoms with Gasteiger partial charge in [0.15, 0.2) is 5.96 Å². The van der Waals surface area contributed by atoms with Crippen molar-refractivity contribution in [1.82, 2.24) is 20.4 Å². The fourth-order valence-electron chi connectivity index (χ4n) is 4.33. The number of rotatable bonds is 10. The van der Waals surface area contributed by atoms with Gasteiger partial charge in [-0.3, -0.25) is 9.89 Å². The van der Waals surface area contributed by atoms with E-state index in [1.165, 1.54) is 56.6 Å². The molecular weight excluding hydrogens is 379 g/mol. The molecule has 2 N–H and O–H groups in total. The Kier molecular flexibility index (Phi) is 11.1. The summed E-state index contributed by atoms with van der Waals surface area (Å²) in [5.41, 5.74) is 0. The van der Waals surface area contributed by atoms with E-state index in [1.54, 1.807) is 7.05 Å². The van der Waals surface area contributed by atoms with E-state index in [0.717, 1.165) is 44.7 Å². The number of piperidine rings is 2. The number of unbranched alkanes of at least 4 members (excludes halogenated alkanes) is 2. The minimum atomic E-state index is -4.08. The van der Waals surface area contributed by atoms with Crippen molar-refractivity contribution >= 4 is 5.96 Å². The lowest BCUT2D eigenvalue weighted by Crippen LogP contribution is -2.41. The minimum Gasteiger partial charge on any atom is -0.356 e. The molecule has 0 aliphatic carbocycles. The number of guanidine groups is 1. The summed E-state index contributed by atoms with van der Waals surface area (Å²) in [6.45, 7) is 5.85. The summed E-state index contributed by atoms with van der Waals surface area (Å²) in [5, 5.41) is 6.72. The van der Waals surface area contributed by atoms with E-state index < -0.39 is 12.7 Å². The lowest BCUT2D eigenvalue weighted by molar-refractivity contribution is -0.148. The Labute approximate surface area is 174 Å². The molecule has 0 spiro atoms. The zero-order valence-electron chi connectivity index (χ0n) is 18.1. The summed E-state index contributed by atoms with van der Waals surface area (Å²) in [6.07, 6.45) is 6.35. The molecule has 0 saturated carbocycles. The van der Waals surface area contributed by atoms with Crippen molar-refractivity contribution in [2.45, 2.75) is 64.0 Å². The highest BCUT2D eigenvalue weighted by atomic mass is 19.4. The van der Waals surface area contributed by atoms with Crippen LogP contribution in [0.2, 0.25) is 0 Å². The Hall–Kier alpha value is -1.02. The van der Waals surface area contributed by atoms with Gasteiger partial charge in [-0.15, -0.1) is 0 Å². The molecule has 0 bridgehead atoms. The highest BCUT2D eigenvalue weighted by Gasteiger charge is 2.32. The van der Waals surface area contributed by atoms with Crippen molar-refractivity contribution in [3.63, 3.8) is 0 Å². The van der Waals surface area contributed by atoms with Gasteiger partial charge in [-0.1, -0.05) is 12.8 Å². The SMILES string of the molecule is CN=C(NCCCCCN1CCCCC1)NCCC1CCN(CC(F)(F)F)CC1. The number of likely N-dealkylation sites (tertiary alicyclic amines) is 2. The van der Waals surface area contributed by atoms with Crippen LogP contribution >= 0.6 is 0 Å². The highest BCUT2D eigenvalue weighted by molar-refractivity contribution is 5.79. The summed E-state index contributed by atoms with van der Waals surface area (Å²) in [5.74, 6) is 1.33. The van der Waals surface area contributed by atoms with Crippen LogP contribution in [0.4, 0.5) is 13.2 Å². The number of hydrogen-bond donors (Lipinski definition) is 2. The zero-order chi connectivity index (χ0) is 21.0. The second-order valence-electron chi connectivity index (χ2n) is 8.51. The monoisotopic (exact) mass is 419 g/mol. The van der Waals surface area contributed by atoms with Crippen molar-refractivity contribution in [1.29, 1.82) is 0 Å². The Morgan fingerprint density at radius 3 is 2.24 bits per heavy atom. The normalized spacial score (nSPS) is 20.8. The van der Waals surface area contributed by atoms with Crippen molar-refractivity contribution in [2.24, 2.45) is 10.9 Å². The molecule has 0 atom stereocenters. The summed E-state index contributed by atoms with van der Waals surface area (Å²) < 4.78 is 37.3. The maximum atomic E-state index is 12.4. The molecule has 2 aliphatic heterocycles. The predicted molar refractivity (Wildman–Crippen MR) is 113 cm³/mol. The van der Waals surface area contributed by atoms with Crippen molar-refractivity contribution in [3.8, 4) is 0 Å². The van der Waals surface area contributed by atoms with Gasteiger partial charge in [0, 0.05) is 20.1 Å². The van der Waals surface area contributed by atoms with Gasteiger partial charge in [0.2, 0.25) is 0 Å². The van der Waals surface area contributed by atoms with Crippen LogP contribution in [0.15, 0.2) is 4.99 Å². The summed E-state index contributed by atoms with van der Waals surface area (Å²) in [4.78, 5) is 8.38. The average molecular weight is 420 g/mol. The number of nitrogens with one attached hydrogen (secondary N) is 2. The number of hydrogen-bond acceptors (Lipinski definition) is 3. The molecule has 0 unspecified atom stereocenters. The van der Waals surface area contributed by atoms with E-state index in [2.05, 4.69) is 20.5 Å². The molecular formula is C21H40F3N5. The van der Waals surface area contributed by atoms with Crippen LogP contribution in [0.25, 0.3) is 0 Å². The molecule has 8 heteroatoms. The highest BCUT2D eigenvalue weighted by Crippen LogP contribution is 2.23. The molecule has 0 aromatic rings. The van der Waals surface area contributed by atoms with Gasteiger partial charge in [-0.25, -0.2) is 0 Å². The molecule has 2 rings (SSSR count). The third-order valence-corrected chi connectivity index (χ3v) is 6.07. The maximum Gasteiger partial charge on any atom is 0.401 e. The fourth-order valence-corrected chi connectivity index (χ4v) is 4.33. The van der Waals surface area contributed by atoms with E-state index in [1.807, 2.05) is 0 Å². The largest absolute Gasteiger partial charge is 0.401 e. The van der Waals surface area contributed by atoms with Gasteiger partial charge < -0.3 is 15.5 Å². The second-order valence-corrected chi connectivity index (χ2v) is 8.51. The smallest absolute Gasteiger partial charge is 0.356 e. The Bertz CT molecular complexity index is 456. The molecule has 2 saturated heterocycles. The van der Waals surface area contributed by atoms with E-state index in [-0.39, 0.29) is 0 Å². The molecule has 0 radical (unpaired) electrons. The summed E-state index contributed by atoms with van der Waals surface area (Å²) in [6, 6.07) is 0. The Morgan fingerprint density at radius 1 is 0.897 bits per heavy atom. The molecule has 2 fully saturated rings. The minimum absolute atomic E-state index is 0.500. The predicted octanol–water partition coefficient (Wildman–Crippen LogP) is 3.47. The van der Waals surface area contributed by atoms with E-state index in [4.69, 9.17) is 0 Å². The third-order valence-electron chi connectivity index (χ3n) is 6.07. The Balaban J connectivity index is 1.46. The first kappa shape index (κ1) is 24.3. The van der Waals surface area contributed by atoms with E-state index in [9.17, 15) is 13.2 Å². The summed E-state index contributed by atoms with van der Waals surface area (Å²) >= 11 is 0. The standard InChI is InChI=1S/C21H40F3N5/c1-25-20(26-11-4-2-5-13-28-14-6-3-7-15-28)27-12-8-19-9-16-29(17-10-19)18-21(22,23)24/h19H,2-18H2,1H3,(H2,25,26,27). The molecule has 29 heavy (non-hydrogen) atoms. The van der Waals surface area contributed by atoms with Gasteiger partial charge in [-0.05, 0) is 83.6 Å². The average Bonchev–Trinajstić information content (AvgIpc) is 2.70. The maximum absolute atomic E-state index is 12.4. The van der Waals surface area contributed by atoms with Gasteiger partial charge in [0.1, 0.15) is 0 Å². The van der Waals surface area contributed by atoms with Crippen LogP contribution in [-0.2, 0) is 0 Å². The van der Waals surface area contributed by atoms with Crippen molar-refractivity contribution in [2.75, 3.05) is 59.4 Å². The Morgan fingerprint density at radius 2 is 1.59 bits per heavy atom. The first-order valence-electron chi connectivity index (χ1n) is 11.4. The first-order chi connectivity index (χ1) is 14.0. The number of aliphatic imine (C=N–C) groups is 1. The fraction of sp³-hybridized carbons (Fsp3) is 0.952. The third kappa shape index (κ3) is 11.1. The van der Waals surface area contributed by atoms with Crippen LogP contribution in [0, 0.1) is 5.92 Å². The van der Waals surface area contributed by atoms with Crippen LogP contribution in [0.5, 0.6) is 0 Å². The van der Waals surface area contributed by atoms with Crippen LogP contribution in [0.3, 0.4) is 0 Å². The summed E-state index contributed by atoms with van der Waals surface area (Å²) in [7, 11) is 1.78. The van der Waals surface area contributed by atoms with Gasteiger partial charge in [0.05, 0.1) is 6.54 Å². The molecule has 5 nitrogen and oxygen atoms in total. The number of nitrogens with zero attached hydrogens (tertiary/aromatic N) is 3. The van der Waals surface area contributed by atoms with Crippen LogP contribution in [0.1, 0.15) is 57.8 Å². The van der Waals surface area contributed by atoms with Crippen molar-refractivity contribution in [3.05, 3.63) is 0 Å². The molecule has 0 aromatic carbocycles. The van der Waals surface area contributed by atoms with Crippen LogP contribution in [-0.4, -0.2) is 81.3 Å². The molecule has 2 aliphatic rings. The van der Waals surface area contributed by atoms with Gasteiger partial charge in [0.25, 0.3) is 0 Å². The van der Waals surface area contributed by atoms with Crippen LogP contribution < -0.4 is 10.6 Å². The number of alkyl halides is 3. The second kappa shape index (κ2) is 13.3. The van der Waals surface area contributed by atoms with E-state index >= 15 is 0 Å².